The minimum atomic E-state index is -0.902. The molecular weight excluding hydrogens is 468 g/mol. The molecule has 0 aromatic carbocycles. The van der Waals surface area contributed by atoms with Crippen molar-refractivity contribution in [2.24, 2.45) is 22.7 Å². The number of fused-ring (bicyclic) bond motifs is 5. The van der Waals surface area contributed by atoms with Crippen LogP contribution in [0.15, 0.2) is 40.8 Å². The van der Waals surface area contributed by atoms with E-state index >= 15 is 0 Å². The Morgan fingerprint density at radius 2 is 1.94 bits per heavy atom. The lowest BCUT2D eigenvalue weighted by atomic mass is 9.50. The number of rotatable bonds is 6. The number of amides is 2. The van der Waals surface area contributed by atoms with E-state index in [-0.39, 0.29) is 29.0 Å². The number of aliphatic hydroxyl groups is 2. The van der Waals surface area contributed by atoms with Crippen molar-refractivity contribution in [1.29, 1.82) is 0 Å². The molecular formula is C30H44N2O3S. The van der Waals surface area contributed by atoms with Gasteiger partial charge in [-0.3, -0.25) is 0 Å². The van der Waals surface area contributed by atoms with Crippen LogP contribution in [0.3, 0.4) is 0 Å². The van der Waals surface area contributed by atoms with Crippen molar-refractivity contribution >= 4 is 17.4 Å². The number of nitrogens with zero attached hydrogens (tertiary/aromatic N) is 1. The van der Waals surface area contributed by atoms with Crippen LogP contribution < -0.4 is 5.32 Å². The number of aliphatic hydroxyl groups excluding tert-OH is 1. The zero-order chi connectivity index (χ0) is 25.7. The normalized spacial score (nSPS) is 37.5. The van der Waals surface area contributed by atoms with Crippen LogP contribution in [-0.2, 0) is 6.42 Å². The average Bonchev–Trinajstić information content (AvgIpc) is 3.43. The number of carbonyl (C=O) groups is 1. The van der Waals surface area contributed by atoms with Gasteiger partial charge in [-0.25, -0.2) is 4.79 Å². The predicted molar refractivity (Wildman–Crippen MR) is 146 cm³/mol. The Kier molecular flexibility index (Phi) is 6.93. The summed E-state index contributed by atoms with van der Waals surface area (Å²) in [6.07, 6.45) is 11.7. The molecule has 5 rings (SSSR count). The third-order valence-corrected chi connectivity index (χ3v) is 11.2. The molecule has 0 bridgehead atoms. The topological polar surface area (TPSA) is 72.8 Å². The maximum Gasteiger partial charge on any atom is 0.317 e. The Hall–Kier alpha value is -1.63. The Bertz CT molecular complexity index is 1030. The molecule has 6 heteroatoms. The molecule has 1 aromatic heterocycles. The average molecular weight is 513 g/mol. The minimum absolute atomic E-state index is 0.0573. The zero-order valence-electron chi connectivity index (χ0n) is 22.4. The van der Waals surface area contributed by atoms with Crippen LogP contribution in [0.4, 0.5) is 4.79 Å². The second-order valence-corrected chi connectivity index (χ2v) is 13.7. The molecule has 0 aliphatic heterocycles. The number of hydrogen-bond acceptors (Lipinski definition) is 4. The van der Waals surface area contributed by atoms with Crippen molar-refractivity contribution in [3.05, 3.63) is 45.7 Å². The second kappa shape index (κ2) is 9.59. The minimum Gasteiger partial charge on any atom is -0.393 e. The van der Waals surface area contributed by atoms with Crippen molar-refractivity contribution in [3.63, 3.8) is 0 Å². The van der Waals surface area contributed by atoms with Gasteiger partial charge >= 0.3 is 6.03 Å². The van der Waals surface area contributed by atoms with Gasteiger partial charge in [0.2, 0.25) is 0 Å². The predicted octanol–water partition coefficient (Wildman–Crippen LogP) is 5.69. The lowest BCUT2D eigenvalue weighted by Gasteiger charge is -2.56. The molecule has 0 unspecified atom stereocenters. The number of carbonyl (C=O) groups excluding carboxylic acids is 1. The van der Waals surface area contributed by atoms with Crippen LogP contribution in [0.1, 0.15) is 77.5 Å². The Morgan fingerprint density at radius 3 is 2.67 bits per heavy atom. The van der Waals surface area contributed by atoms with Crippen LogP contribution in [0.25, 0.3) is 0 Å². The highest BCUT2D eigenvalue weighted by atomic mass is 32.1. The van der Waals surface area contributed by atoms with Gasteiger partial charge in [0.1, 0.15) is 0 Å². The SMILES string of the molecule is CC(C)NC(=O)N(CCc1cccs1)C[C@]1(O)CC[C@H]2C3=CC=C4C[C@@H](O)CC[C@]4(C)[C@H]3CC[C@@]21C. The van der Waals surface area contributed by atoms with Gasteiger partial charge in [-0.2, -0.15) is 0 Å². The maximum atomic E-state index is 13.2. The molecule has 6 atom stereocenters. The molecule has 36 heavy (non-hydrogen) atoms. The number of urea groups is 1. The highest BCUT2D eigenvalue weighted by Crippen LogP contribution is 2.66. The van der Waals surface area contributed by atoms with Crippen LogP contribution in [0.5, 0.6) is 0 Å². The van der Waals surface area contributed by atoms with Crippen molar-refractivity contribution in [2.45, 2.75) is 96.8 Å². The summed E-state index contributed by atoms with van der Waals surface area (Å²) in [6.45, 7) is 9.66. The Labute approximate surface area is 220 Å². The van der Waals surface area contributed by atoms with Gasteiger partial charge in [-0.05, 0) is 93.9 Å². The van der Waals surface area contributed by atoms with E-state index in [0.29, 0.717) is 24.9 Å². The number of allylic oxidation sites excluding steroid dienone is 3. The van der Waals surface area contributed by atoms with Crippen molar-refractivity contribution in [3.8, 4) is 0 Å². The number of hydrogen-bond donors (Lipinski definition) is 3. The van der Waals surface area contributed by atoms with E-state index < -0.39 is 5.60 Å². The molecule has 0 saturated heterocycles. The molecule has 3 saturated carbocycles. The van der Waals surface area contributed by atoms with Crippen molar-refractivity contribution in [2.75, 3.05) is 13.1 Å². The quantitative estimate of drug-likeness (QED) is 0.459. The summed E-state index contributed by atoms with van der Waals surface area (Å²) in [6, 6.07) is 4.16. The first-order valence-electron chi connectivity index (χ1n) is 14.0. The van der Waals surface area contributed by atoms with Gasteiger partial charge < -0.3 is 20.4 Å². The Balaban J connectivity index is 1.39. The molecule has 198 valence electrons. The fourth-order valence-electron chi connectivity index (χ4n) is 7.96. The zero-order valence-corrected chi connectivity index (χ0v) is 23.2. The first-order chi connectivity index (χ1) is 17.1. The molecule has 5 nitrogen and oxygen atoms in total. The van der Waals surface area contributed by atoms with Crippen LogP contribution in [0, 0.1) is 22.7 Å². The number of nitrogens with one attached hydrogen (secondary N) is 1. The fraction of sp³-hybridized carbons (Fsp3) is 0.700. The molecule has 3 N–H and O–H groups in total. The third kappa shape index (κ3) is 4.37. The molecule has 4 aliphatic rings. The lowest BCUT2D eigenvalue weighted by molar-refractivity contribution is -0.0963. The molecule has 0 radical (unpaired) electrons. The fourth-order valence-corrected chi connectivity index (χ4v) is 8.66. The van der Waals surface area contributed by atoms with E-state index in [1.54, 1.807) is 11.3 Å². The monoisotopic (exact) mass is 512 g/mol. The summed E-state index contributed by atoms with van der Waals surface area (Å²) >= 11 is 1.72. The standard InChI is InChI=1S/C30H44N2O3S/c1-20(2)31-27(34)32(16-12-23-6-5-17-36-23)19-30(35)15-11-26-24-8-7-21-18-22(33)9-13-28(21,3)25(24)10-14-29(26,30)4/h5-8,17,20,22,25-26,33,35H,9-16,18-19H2,1-4H3,(H,31,34)/t22-,25-,26-,28-,29-,30+/m0/s1. The summed E-state index contributed by atoms with van der Waals surface area (Å²) < 4.78 is 0. The van der Waals surface area contributed by atoms with E-state index in [4.69, 9.17) is 0 Å². The molecule has 4 aliphatic carbocycles. The highest BCUT2D eigenvalue weighted by Gasteiger charge is 2.62. The largest absolute Gasteiger partial charge is 0.393 e. The number of thiophene rings is 1. The van der Waals surface area contributed by atoms with Gasteiger partial charge in [-0.15, -0.1) is 11.3 Å². The third-order valence-electron chi connectivity index (χ3n) is 10.2. The maximum absolute atomic E-state index is 13.2. The van der Waals surface area contributed by atoms with Crippen molar-refractivity contribution < 1.29 is 15.0 Å². The van der Waals surface area contributed by atoms with Gasteiger partial charge in [0, 0.05) is 22.9 Å². The van der Waals surface area contributed by atoms with Crippen LogP contribution in [-0.4, -0.2) is 52.0 Å². The molecule has 1 heterocycles. The Morgan fingerprint density at radius 1 is 1.17 bits per heavy atom. The summed E-state index contributed by atoms with van der Waals surface area (Å²) in [5.74, 6) is 0.847. The molecule has 2 amide bonds. The summed E-state index contributed by atoms with van der Waals surface area (Å²) in [5, 5.41) is 27.7. The molecule has 0 spiro atoms. The summed E-state index contributed by atoms with van der Waals surface area (Å²) in [7, 11) is 0. The van der Waals surface area contributed by atoms with Crippen molar-refractivity contribution in [1.82, 2.24) is 10.2 Å². The summed E-state index contributed by atoms with van der Waals surface area (Å²) in [5.41, 5.74) is 1.91. The van der Waals surface area contributed by atoms with E-state index in [1.807, 2.05) is 18.7 Å². The van der Waals surface area contributed by atoms with E-state index in [2.05, 4.69) is 48.8 Å². The van der Waals surface area contributed by atoms with E-state index in [0.717, 1.165) is 51.4 Å². The summed E-state index contributed by atoms with van der Waals surface area (Å²) in [4.78, 5) is 16.4. The smallest absolute Gasteiger partial charge is 0.317 e. The van der Waals surface area contributed by atoms with Gasteiger partial charge in [0.05, 0.1) is 18.2 Å². The molecule has 1 aromatic rings. The van der Waals surface area contributed by atoms with E-state index in [9.17, 15) is 15.0 Å². The second-order valence-electron chi connectivity index (χ2n) is 12.7. The van der Waals surface area contributed by atoms with Crippen LogP contribution >= 0.6 is 11.3 Å². The first kappa shape index (κ1) is 26.0. The van der Waals surface area contributed by atoms with Gasteiger partial charge in [0.25, 0.3) is 0 Å². The van der Waals surface area contributed by atoms with Crippen LogP contribution in [0.2, 0.25) is 0 Å². The van der Waals surface area contributed by atoms with Gasteiger partial charge in [-0.1, -0.05) is 43.2 Å². The lowest BCUT2D eigenvalue weighted by Crippen LogP contribution is -2.58. The van der Waals surface area contributed by atoms with E-state index in [1.165, 1.54) is 16.0 Å². The first-order valence-corrected chi connectivity index (χ1v) is 14.8. The molecule has 3 fully saturated rings. The highest BCUT2D eigenvalue weighted by molar-refractivity contribution is 7.09. The van der Waals surface area contributed by atoms with Gasteiger partial charge in [0.15, 0.2) is 0 Å².